The summed E-state index contributed by atoms with van der Waals surface area (Å²) in [6, 6.07) is 0.692. The van der Waals surface area contributed by atoms with Crippen LogP contribution in [0, 0.1) is 0 Å². The van der Waals surface area contributed by atoms with Gasteiger partial charge in [0.2, 0.25) is 0 Å². The van der Waals surface area contributed by atoms with Gasteiger partial charge in [0, 0.05) is 6.54 Å². The van der Waals surface area contributed by atoms with Gasteiger partial charge >= 0.3 is 6.03 Å². The standard InChI is InChI=1S/C4H14N2O2Si2/c5-4(7)6-2-1-3-10-8-9/h1-3,10H2,9H3,(H3,5,6,7). The lowest BCUT2D eigenvalue weighted by atomic mass is 10.5. The molecule has 0 aromatic carbocycles. The molecule has 0 bridgehead atoms. The second-order valence-electron chi connectivity index (χ2n) is 1.99. The van der Waals surface area contributed by atoms with Gasteiger partial charge in [-0.3, -0.25) is 0 Å². The minimum absolute atomic E-state index is 0.254. The van der Waals surface area contributed by atoms with Crippen LogP contribution in [0.2, 0.25) is 6.04 Å². The lowest BCUT2D eigenvalue weighted by molar-refractivity contribution is 0.249. The highest BCUT2D eigenvalue weighted by Crippen LogP contribution is 1.84. The van der Waals surface area contributed by atoms with Crippen LogP contribution in [0.4, 0.5) is 4.79 Å². The average molecular weight is 178 g/mol. The van der Waals surface area contributed by atoms with Crippen LogP contribution in [-0.4, -0.2) is 32.8 Å². The van der Waals surface area contributed by atoms with E-state index in [9.17, 15) is 4.79 Å². The molecule has 0 saturated heterocycles. The van der Waals surface area contributed by atoms with Crippen molar-refractivity contribution in [2.45, 2.75) is 12.5 Å². The Bertz CT molecular complexity index is 101. The van der Waals surface area contributed by atoms with E-state index in [0.717, 1.165) is 23.0 Å². The van der Waals surface area contributed by atoms with Crippen LogP contribution in [-0.2, 0) is 4.12 Å². The molecule has 3 N–H and O–H groups in total. The minimum atomic E-state index is -0.437. The van der Waals surface area contributed by atoms with Gasteiger partial charge in [-0.15, -0.1) is 0 Å². The van der Waals surface area contributed by atoms with Crippen molar-refractivity contribution in [1.29, 1.82) is 0 Å². The number of urea groups is 1. The Morgan fingerprint density at radius 3 is 3.00 bits per heavy atom. The van der Waals surface area contributed by atoms with Crippen molar-refractivity contribution in [2.75, 3.05) is 6.54 Å². The van der Waals surface area contributed by atoms with Gasteiger partial charge in [0.15, 0.2) is 0 Å². The fraction of sp³-hybridized carbons (Fsp3) is 0.750. The first kappa shape index (κ1) is 9.66. The maximum atomic E-state index is 10.1. The normalized spacial score (nSPS) is 10.8. The summed E-state index contributed by atoms with van der Waals surface area (Å²) in [5.74, 6) is 0. The summed E-state index contributed by atoms with van der Waals surface area (Å²) in [5.41, 5.74) is 4.84. The molecule has 0 saturated carbocycles. The van der Waals surface area contributed by atoms with E-state index in [1.165, 1.54) is 0 Å². The van der Waals surface area contributed by atoms with Crippen LogP contribution in [0.15, 0.2) is 0 Å². The van der Waals surface area contributed by atoms with Gasteiger partial charge in [-0.05, 0) is 12.5 Å². The highest BCUT2D eigenvalue weighted by Gasteiger charge is 1.90. The van der Waals surface area contributed by atoms with Gasteiger partial charge in [-0.1, -0.05) is 0 Å². The summed E-state index contributed by atoms with van der Waals surface area (Å²) in [4.78, 5) is 10.1. The molecule has 2 amide bonds. The predicted octanol–water partition coefficient (Wildman–Crippen LogP) is -2.16. The van der Waals surface area contributed by atoms with Crippen LogP contribution < -0.4 is 11.1 Å². The molecule has 0 aromatic rings. The number of amides is 2. The first-order chi connectivity index (χ1) is 4.77. The minimum Gasteiger partial charge on any atom is -0.468 e. The van der Waals surface area contributed by atoms with Gasteiger partial charge in [0.25, 0.3) is 0 Å². The molecular weight excluding hydrogens is 164 g/mol. The molecule has 4 nitrogen and oxygen atoms in total. The number of nitrogens with two attached hydrogens (primary N) is 1. The van der Waals surface area contributed by atoms with Crippen molar-refractivity contribution in [1.82, 2.24) is 5.32 Å². The van der Waals surface area contributed by atoms with Gasteiger partial charge in [-0.25, -0.2) is 4.79 Å². The first-order valence-corrected chi connectivity index (χ1v) is 5.69. The van der Waals surface area contributed by atoms with Gasteiger partial charge < -0.3 is 15.2 Å². The third-order valence-electron chi connectivity index (χ3n) is 1.07. The quantitative estimate of drug-likeness (QED) is 0.372. The number of carbonyl (C=O) groups excluding carboxylic acids is 1. The molecule has 0 rings (SSSR count). The molecule has 0 radical (unpaired) electrons. The molecule has 0 fully saturated rings. The summed E-state index contributed by atoms with van der Waals surface area (Å²) < 4.78 is 5.08. The highest BCUT2D eigenvalue weighted by molar-refractivity contribution is 6.34. The largest absolute Gasteiger partial charge is 0.468 e. The number of rotatable bonds is 5. The molecule has 0 aliphatic heterocycles. The molecule has 0 aliphatic rings. The Hall–Kier alpha value is -0.336. The first-order valence-electron chi connectivity index (χ1n) is 3.29. The Balaban J connectivity index is 2.84. The number of hydrogen-bond donors (Lipinski definition) is 2. The van der Waals surface area contributed by atoms with Crippen LogP contribution in [0.5, 0.6) is 0 Å². The van der Waals surface area contributed by atoms with Crippen molar-refractivity contribution in [3.05, 3.63) is 0 Å². The Morgan fingerprint density at radius 2 is 2.50 bits per heavy atom. The van der Waals surface area contributed by atoms with Crippen molar-refractivity contribution in [3.63, 3.8) is 0 Å². The van der Waals surface area contributed by atoms with Crippen LogP contribution in [0.25, 0.3) is 0 Å². The SMILES string of the molecule is NC(=O)NCCC[SiH2]O[SiH3]. The summed E-state index contributed by atoms with van der Waals surface area (Å²) in [7, 11) is 0.600. The summed E-state index contributed by atoms with van der Waals surface area (Å²) in [5, 5.41) is 2.52. The molecule has 0 aliphatic carbocycles. The van der Waals surface area contributed by atoms with Crippen molar-refractivity contribution < 1.29 is 8.91 Å². The smallest absolute Gasteiger partial charge is 0.312 e. The maximum Gasteiger partial charge on any atom is 0.312 e. The van der Waals surface area contributed by atoms with E-state index in [0.29, 0.717) is 6.54 Å². The topological polar surface area (TPSA) is 64.4 Å². The van der Waals surface area contributed by atoms with Crippen molar-refractivity contribution >= 4 is 26.3 Å². The lowest BCUT2D eigenvalue weighted by Crippen LogP contribution is -2.30. The van der Waals surface area contributed by atoms with E-state index in [-0.39, 0.29) is 9.76 Å². The second-order valence-corrected chi connectivity index (χ2v) is 5.42. The molecule has 0 unspecified atom stereocenters. The number of carbonyl (C=O) groups is 1. The van der Waals surface area contributed by atoms with E-state index < -0.39 is 6.03 Å². The van der Waals surface area contributed by atoms with Crippen LogP contribution in [0.1, 0.15) is 6.42 Å². The fourth-order valence-electron chi connectivity index (χ4n) is 0.583. The zero-order chi connectivity index (χ0) is 7.82. The monoisotopic (exact) mass is 178 g/mol. The lowest BCUT2D eigenvalue weighted by Gasteiger charge is -1.99. The van der Waals surface area contributed by atoms with E-state index in [2.05, 4.69) is 5.32 Å². The molecule has 10 heavy (non-hydrogen) atoms. The zero-order valence-electron chi connectivity index (χ0n) is 6.22. The Kier molecular flexibility index (Phi) is 6.55. The molecule has 0 heterocycles. The van der Waals surface area contributed by atoms with E-state index >= 15 is 0 Å². The third-order valence-corrected chi connectivity index (χ3v) is 3.50. The third kappa shape index (κ3) is 7.66. The second kappa shape index (κ2) is 6.78. The van der Waals surface area contributed by atoms with E-state index in [4.69, 9.17) is 9.85 Å². The number of nitrogens with one attached hydrogen (secondary N) is 1. The maximum absolute atomic E-state index is 10.1. The van der Waals surface area contributed by atoms with E-state index in [1.807, 2.05) is 0 Å². The van der Waals surface area contributed by atoms with Gasteiger partial charge in [-0.2, -0.15) is 0 Å². The zero-order valence-corrected chi connectivity index (χ0v) is 9.64. The fourth-order valence-corrected chi connectivity index (χ4v) is 2.19. The predicted molar refractivity (Wildman–Crippen MR) is 46.6 cm³/mol. The molecule has 0 spiro atoms. The molecule has 0 atom stereocenters. The Morgan fingerprint density at radius 1 is 1.80 bits per heavy atom. The summed E-state index contributed by atoms with van der Waals surface area (Å²) in [6.45, 7) is 0.688. The summed E-state index contributed by atoms with van der Waals surface area (Å²) >= 11 is 0. The highest BCUT2D eigenvalue weighted by atomic mass is 28.3. The van der Waals surface area contributed by atoms with Gasteiger partial charge in [0.05, 0.1) is 0 Å². The van der Waals surface area contributed by atoms with Crippen molar-refractivity contribution in [3.8, 4) is 0 Å². The number of hydrogen-bond acceptors (Lipinski definition) is 2. The van der Waals surface area contributed by atoms with Crippen LogP contribution >= 0.6 is 0 Å². The Labute approximate surface area is 66.0 Å². The van der Waals surface area contributed by atoms with Crippen molar-refractivity contribution in [2.24, 2.45) is 5.73 Å². The van der Waals surface area contributed by atoms with Crippen LogP contribution in [0.3, 0.4) is 0 Å². The molecular formula is C4H14N2O2Si2. The molecule has 0 aromatic heterocycles. The average Bonchev–Trinajstić information content (AvgIpc) is 1.87. The summed E-state index contributed by atoms with van der Waals surface area (Å²) in [6.07, 6.45) is 0.997. The molecule has 6 heteroatoms. The molecule has 60 valence electrons. The van der Waals surface area contributed by atoms with Gasteiger partial charge in [0.1, 0.15) is 20.2 Å². The van der Waals surface area contributed by atoms with E-state index in [1.54, 1.807) is 0 Å². The number of primary amides is 1.